The summed E-state index contributed by atoms with van der Waals surface area (Å²) < 4.78 is 0. The van der Waals surface area contributed by atoms with Gasteiger partial charge in [0.2, 0.25) is 5.91 Å². The van der Waals surface area contributed by atoms with Gasteiger partial charge < -0.3 is 15.5 Å². The Bertz CT molecular complexity index is 1050. The maximum absolute atomic E-state index is 12.3. The van der Waals surface area contributed by atoms with Crippen LogP contribution in [0.2, 0.25) is 5.02 Å². The number of carbonyl (C=O) groups excluding carboxylic acids is 2. The lowest BCUT2D eigenvalue weighted by atomic mass is 9.98. The molecule has 0 heterocycles. The summed E-state index contributed by atoms with van der Waals surface area (Å²) >= 11 is 5.84. The van der Waals surface area contributed by atoms with Gasteiger partial charge in [-0.15, -0.1) is 0 Å². The van der Waals surface area contributed by atoms with E-state index in [1.807, 2.05) is 18.2 Å². The molecule has 0 radical (unpaired) electrons. The minimum absolute atomic E-state index is 0.113. The molecule has 0 aromatic heterocycles. The van der Waals surface area contributed by atoms with E-state index in [1.165, 1.54) is 5.56 Å². The number of nitrogens with zero attached hydrogens (tertiary/aromatic N) is 1. The van der Waals surface area contributed by atoms with Crippen molar-refractivity contribution in [3.05, 3.63) is 94.5 Å². The van der Waals surface area contributed by atoms with Crippen LogP contribution in [-0.4, -0.2) is 37.4 Å². The second-order valence-electron chi connectivity index (χ2n) is 7.88. The maximum atomic E-state index is 12.3. The van der Waals surface area contributed by atoms with Crippen molar-refractivity contribution in [3.8, 4) is 11.1 Å². The number of nitrogens with one attached hydrogen (secondary N) is 2. The molecule has 0 saturated carbocycles. The Balaban J connectivity index is 1.51. The monoisotopic (exact) mass is 449 g/mol. The molecular weight excluding hydrogens is 422 g/mol. The van der Waals surface area contributed by atoms with Crippen molar-refractivity contribution in [2.75, 3.05) is 20.6 Å². The van der Waals surface area contributed by atoms with E-state index in [4.69, 9.17) is 11.6 Å². The molecule has 0 unspecified atom stereocenters. The standard InChI is InChI=1S/C26H28ClN3O2/c1-30(2)18-19-7-9-20(10-8-19)24-6-4-3-5-22(24)17-29-25(31)15-16-28-26(32)21-11-13-23(27)14-12-21/h3-14H,15-18H2,1-2H3,(H,28,32)(H,29,31). The van der Waals surface area contributed by atoms with Crippen LogP contribution < -0.4 is 10.6 Å². The van der Waals surface area contributed by atoms with Gasteiger partial charge in [0.15, 0.2) is 0 Å². The normalized spacial score (nSPS) is 10.8. The molecule has 3 aromatic carbocycles. The Labute approximate surface area is 194 Å². The van der Waals surface area contributed by atoms with E-state index in [1.54, 1.807) is 24.3 Å². The topological polar surface area (TPSA) is 61.4 Å². The summed E-state index contributed by atoms with van der Waals surface area (Å²) in [7, 11) is 4.10. The van der Waals surface area contributed by atoms with Gasteiger partial charge in [0.05, 0.1) is 0 Å². The van der Waals surface area contributed by atoms with Crippen LogP contribution in [0.3, 0.4) is 0 Å². The number of benzene rings is 3. The minimum Gasteiger partial charge on any atom is -0.352 e. The van der Waals surface area contributed by atoms with E-state index in [0.29, 0.717) is 17.1 Å². The fraction of sp³-hybridized carbons (Fsp3) is 0.231. The number of carbonyl (C=O) groups is 2. The third-order valence-electron chi connectivity index (χ3n) is 5.00. The molecule has 6 heteroatoms. The summed E-state index contributed by atoms with van der Waals surface area (Å²) in [4.78, 5) is 26.5. The Morgan fingerprint density at radius 2 is 1.56 bits per heavy atom. The zero-order valence-corrected chi connectivity index (χ0v) is 19.2. The van der Waals surface area contributed by atoms with Crippen LogP contribution in [-0.2, 0) is 17.9 Å². The van der Waals surface area contributed by atoms with Crippen LogP contribution in [0.25, 0.3) is 11.1 Å². The van der Waals surface area contributed by atoms with Gasteiger partial charge >= 0.3 is 0 Å². The Hall–Kier alpha value is -3.15. The summed E-state index contributed by atoms with van der Waals surface area (Å²) in [6.07, 6.45) is 0.209. The van der Waals surface area contributed by atoms with E-state index < -0.39 is 0 Å². The van der Waals surface area contributed by atoms with Gasteiger partial charge in [0, 0.05) is 36.6 Å². The first kappa shape index (κ1) is 23.5. The van der Waals surface area contributed by atoms with Crippen LogP contribution in [0.4, 0.5) is 0 Å². The van der Waals surface area contributed by atoms with Crippen LogP contribution in [0, 0.1) is 0 Å². The van der Waals surface area contributed by atoms with Crippen molar-refractivity contribution in [3.63, 3.8) is 0 Å². The second kappa shape index (κ2) is 11.5. The van der Waals surface area contributed by atoms with Crippen molar-refractivity contribution in [1.29, 1.82) is 0 Å². The van der Waals surface area contributed by atoms with Crippen LogP contribution in [0.15, 0.2) is 72.8 Å². The van der Waals surface area contributed by atoms with Gasteiger partial charge in [0.1, 0.15) is 0 Å². The molecule has 0 aliphatic rings. The van der Waals surface area contributed by atoms with Gasteiger partial charge in [-0.3, -0.25) is 9.59 Å². The minimum atomic E-state index is -0.225. The lowest BCUT2D eigenvalue weighted by molar-refractivity contribution is -0.121. The average molecular weight is 450 g/mol. The summed E-state index contributed by atoms with van der Waals surface area (Å²) in [5.74, 6) is -0.338. The Morgan fingerprint density at radius 1 is 0.875 bits per heavy atom. The average Bonchev–Trinajstić information content (AvgIpc) is 2.78. The summed E-state index contributed by atoms with van der Waals surface area (Å²) in [5.41, 5.74) is 5.03. The molecule has 3 rings (SSSR count). The van der Waals surface area contributed by atoms with Crippen molar-refractivity contribution in [2.24, 2.45) is 0 Å². The van der Waals surface area contributed by atoms with E-state index in [-0.39, 0.29) is 24.8 Å². The maximum Gasteiger partial charge on any atom is 0.251 e. The first-order chi connectivity index (χ1) is 15.4. The van der Waals surface area contributed by atoms with Crippen LogP contribution in [0.1, 0.15) is 27.9 Å². The number of hydrogen-bond donors (Lipinski definition) is 2. The molecule has 0 bridgehead atoms. The van der Waals surface area contributed by atoms with Gasteiger partial charge in [-0.2, -0.15) is 0 Å². The van der Waals surface area contributed by atoms with Gasteiger partial charge in [-0.05, 0) is 60.6 Å². The fourth-order valence-electron chi connectivity index (χ4n) is 3.39. The lowest BCUT2D eigenvalue weighted by Gasteiger charge is -2.13. The first-order valence-electron chi connectivity index (χ1n) is 10.5. The molecule has 0 saturated heterocycles. The highest BCUT2D eigenvalue weighted by Crippen LogP contribution is 2.24. The number of halogens is 1. The highest BCUT2D eigenvalue weighted by atomic mass is 35.5. The quantitative estimate of drug-likeness (QED) is 0.505. The molecule has 2 amide bonds. The molecule has 3 aromatic rings. The van der Waals surface area contributed by atoms with Crippen molar-refractivity contribution >= 4 is 23.4 Å². The summed E-state index contributed by atoms with van der Waals surface area (Å²) in [6, 6.07) is 23.2. The molecule has 0 fully saturated rings. The smallest absolute Gasteiger partial charge is 0.251 e. The fourth-order valence-corrected chi connectivity index (χ4v) is 3.51. The lowest BCUT2D eigenvalue weighted by Crippen LogP contribution is -2.30. The number of rotatable bonds is 9. The molecule has 0 atom stereocenters. The van der Waals surface area contributed by atoms with E-state index >= 15 is 0 Å². The second-order valence-corrected chi connectivity index (χ2v) is 8.32. The van der Waals surface area contributed by atoms with Gasteiger partial charge in [-0.25, -0.2) is 0 Å². The summed E-state index contributed by atoms with van der Waals surface area (Å²) in [6.45, 7) is 1.59. The molecule has 5 nitrogen and oxygen atoms in total. The Kier molecular flexibility index (Phi) is 8.42. The number of hydrogen-bond acceptors (Lipinski definition) is 3. The Morgan fingerprint density at radius 3 is 2.25 bits per heavy atom. The molecular formula is C26H28ClN3O2. The molecule has 0 aliphatic carbocycles. The SMILES string of the molecule is CN(C)Cc1ccc(-c2ccccc2CNC(=O)CCNC(=O)c2ccc(Cl)cc2)cc1. The third-order valence-corrected chi connectivity index (χ3v) is 5.25. The van der Waals surface area contributed by atoms with Crippen LogP contribution in [0.5, 0.6) is 0 Å². The molecule has 0 spiro atoms. The highest BCUT2D eigenvalue weighted by molar-refractivity contribution is 6.30. The van der Waals surface area contributed by atoms with E-state index in [0.717, 1.165) is 23.2 Å². The number of amides is 2. The predicted molar refractivity (Wildman–Crippen MR) is 130 cm³/mol. The molecule has 0 aliphatic heterocycles. The van der Waals surface area contributed by atoms with Crippen molar-refractivity contribution < 1.29 is 9.59 Å². The van der Waals surface area contributed by atoms with Crippen LogP contribution >= 0.6 is 11.6 Å². The molecule has 166 valence electrons. The zero-order chi connectivity index (χ0) is 22.9. The summed E-state index contributed by atoms with van der Waals surface area (Å²) in [5, 5.41) is 6.29. The van der Waals surface area contributed by atoms with Crippen molar-refractivity contribution in [1.82, 2.24) is 15.5 Å². The largest absolute Gasteiger partial charge is 0.352 e. The first-order valence-corrected chi connectivity index (χ1v) is 10.9. The van der Waals surface area contributed by atoms with E-state index in [2.05, 4.69) is 60.0 Å². The highest BCUT2D eigenvalue weighted by Gasteiger charge is 2.09. The third kappa shape index (κ3) is 6.94. The molecule has 2 N–H and O–H groups in total. The van der Waals surface area contributed by atoms with E-state index in [9.17, 15) is 9.59 Å². The molecule has 32 heavy (non-hydrogen) atoms. The zero-order valence-electron chi connectivity index (χ0n) is 18.4. The predicted octanol–water partition coefficient (Wildman–Crippen LogP) is 4.50. The van der Waals surface area contributed by atoms with Gasteiger partial charge in [-0.1, -0.05) is 60.1 Å². The van der Waals surface area contributed by atoms with Crippen molar-refractivity contribution in [2.45, 2.75) is 19.5 Å². The van der Waals surface area contributed by atoms with Gasteiger partial charge in [0.25, 0.3) is 5.91 Å².